The summed E-state index contributed by atoms with van der Waals surface area (Å²) in [7, 11) is 1.26. The van der Waals surface area contributed by atoms with Crippen LogP contribution >= 0.6 is 27.3 Å². The predicted molar refractivity (Wildman–Crippen MR) is 88.7 cm³/mol. The maximum atomic E-state index is 11.9. The summed E-state index contributed by atoms with van der Waals surface area (Å²) in [6, 6.07) is 8.31. The maximum Gasteiger partial charge on any atom is 0.350 e. The molecule has 0 unspecified atom stereocenters. The van der Waals surface area contributed by atoms with E-state index in [1.54, 1.807) is 35.7 Å². The van der Waals surface area contributed by atoms with Crippen LogP contribution in [0.4, 0.5) is 5.69 Å². The Morgan fingerprint density at radius 3 is 2.61 bits per heavy atom. The van der Waals surface area contributed by atoms with Crippen molar-refractivity contribution in [2.45, 2.75) is 0 Å². The molecule has 1 aromatic heterocycles. The van der Waals surface area contributed by atoms with Crippen LogP contribution in [0.1, 0.15) is 20.0 Å². The van der Waals surface area contributed by atoms with E-state index in [9.17, 15) is 14.4 Å². The van der Waals surface area contributed by atoms with Gasteiger partial charge in [-0.05, 0) is 39.5 Å². The number of hydrogen-bond donors (Lipinski definition) is 1. The van der Waals surface area contributed by atoms with Crippen LogP contribution in [0, 0.1) is 0 Å². The molecule has 0 bridgehead atoms. The van der Waals surface area contributed by atoms with Crippen LogP contribution < -0.4 is 5.32 Å². The van der Waals surface area contributed by atoms with Gasteiger partial charge in [-0.1, -0.05) is 12.1 Å². The molecular weight excluding hydrogens is 386 g/mol. The van der Waals surface area contributed by atoms with E-state index in [4.69, 9.17) is 4.74 Å². The Labute approximate surface area is 144 Å². The van der Waals surface area contributed by atoms with E-state index in [2.05, 4.69) is 26.0 Å². The summed E-state index contributed by atoms with van der Waals surface area (Å²) in [6.07, 6.45) is 0. The SMILES string of the molecule is COC(=O)c1sccc1NC(=O)COC(=O)c1ccccc1Br. The number of carbonyl (C=O) groups is 3. The molecule has 0 aliphatic heterocycles. The second-order valence-corrected chi connectivity index (χ2v) is 6.03. The number of hydrogen-bond acceptors (Lipinski definition) is 6. The summed E-state index contributed by atoms with van der Waals surface area (Å²) in [4.78, 5) is 35.5. The zero-order valence-electron chi connectivity index (χ0n) is 12.0. The van der Waals surface area contributed by atoms with Crippen LogP contribution in [-0.2, 0) is 14.3 Å². The highest BCUT2D eigenvalue weighted by Crippen LogP contribution is 2.23. The number of carbonyl (C=O) groups excluding carboxylic acids is 3. The van der Waals surface area contributed by atoms with Crippen molar-refractivity contribution in [1.29, 1.82) is 0 Å². The number of esters is 2. The van der Waals surface area contributed by atoms with E-state index < -0.39 is 24.5 Å². The lowest BCUT2D eigenvalue weighted by Gasteiger charge is -2.07. The van der Waals surface area contributed by atoms with Crippen molar-refractivity contribution in [3.05, 3.63) is 50.6 Å². The molecule has 120 valence electrons. The van der Waals surface area contributed by atoms with Gasteiger partial charge in [-0.25, -0.2) is 9.59 Å². The van der Waals surface area contributed by atoms with E-state index in [1.807, 2.05) is 0 Å². The van der Waals surface area contributed by atoms with Crippen LogP contribution in [0.5, 0.6) is 0 Å². The number of thiophene rings is 1. The standard InChI is InChI=1S/C15H12BrNO5S/c1-21-15(20)13-11(6-7-23-13)17-12(18)8-22-14(19)9-4-2-3-5-10(9)16/h2-7H,8H2,1H3,(H,17,18). The number of amides is 1. The van der Waals surface area contributed by atoms with Crippen molar-refractivity contribution in [2.75, 3.05) is 19.0 Å². The Bertz CT molecular complexity index is 743. The van der Waals surface area contributed by atoms with E-state index in [0.29, 0.717) is 15.7 Å². The van der Waals surface area contributed by atoms with E-state index in [-0.39, 0.29) is 4.88 Å². The van der Waals surface area contributed by atoms with Crippen molar-refractivity contribution < 1.29 is 23.9 Å². The second kappa shape index (κ2) is 7.89. The number of rotatable bonds is 5. The predicted octanol–water partition coefficient (Wildman–Crippen LogP) is 3.09. The van der Waals surface area contributed by atoms with Gasteiger partial charge in [0.05, 0.1) is 18.4 Å². The molecule has 0 atom stereocenters. The molecule has 0 aliphatic carbocycles. The lowest BCUT2D eigenvalue weighted by molar-refractivity contribution is -0.119. The number of halogens is 1. The third-order valence-electron chi connectivity index (χ3n) is 2.74. The van der Waals surface area contributed by atoms with Gasteiger partial charge in [0, 0.05) is 4.47 Å². The van der Waals surface area contributed by atoms with E-state index in [0.717, 1.165) is 11.3 Å². The average Bonchev–Trinajstić information content (AvgIpc) is 3.00. The first-order chi connectivity index (χ1) is 11.0. The number of methoxy groups -OCH3 is 1. The minimum absolute atomic E-state index is 0.276. The normalized spacial score (nSPS) is 10.0. The van der Waals surface area contributed by atoms with Crippen LogP contribution in [0.2, 0.25) is 0 Å². The molecule has 0 spiro atoms. The Balaban J connectivity index is 1.94. The van der Waals surface area contributed by atoms with Gasteiger partial charge in [0.1, 0.15) is 4.88 Å². The van der Waals surface area contributed by atoms with Gasteiger partial charge in [0.15, 0.2) is 6.61 Å². The first-order valence-corrected chi connectivity index (χ1v) is 8.07. The van der Waals surface area contributed by atoms with Crippen molar-refractivity contribution in [1.82, 2.24) is 0 Å². The monoisotopic (exact) mass is 397 g/mol. The van der Waals surface area contributed by atoms with Gasteiger partial charge >= 0.3 is 11.9 Å². The van der Waals surface area contributed by atoms with E-state index in [1.165, 1.54) is 7.11 Å². The van der Waals surface area contributed by atoms with Gasteiger partial charge in [-0.15, -0.1) is 11.3 Å². The highest BCUT2D eigenvalue weighted by Gasteiger charge is 2.17. The quantitative estimate of drug-likeness (QED) is 0.783. The fraction of sp³-hybridized carbons (Fsp3) is 0.133. The largest absolute Gasteiger partial charge is 0.465 e. The molecular formula is C15H12BrNO5S. The Morgan fingerprint density at radius 2 is 1.91 bits per heavy atom. The van der Waals surface area contributed by atoms with Gasteiger partial charge in [-0.2, -0.15) is 0 Å². The fourth-order valence-electron chi connectivity index (χ4n) is 1.68. The number of nitrogens with one attached hydrogen (secondary N) is 1. The molecule has 8 heteroatoms. The molecule has 0 fully saturated rings. The maximum absolute atomic E-state index is 11.9. The molecule has 0 saturated carbocycles. The first-order valence-electron chi connectivity index (χ1n) is 6.40. The van der Waals surface area contributed by atoms with E-state index >= 15 is 0 Å². The lowest BCUT2D eigenvalue weighted by atomic mass is 10.2. The van der Waals surface area contributed by atoms with Crippen LogP contribution in [0.25, 0.3) is 0 Å². The van der Waals surface area contributed by atoms with Crippen molar-refractivity contribution in [3.8, 4) is 0 Å². The van der Waals surface area contributed by atoms with Gasteiger partial charge in [0.2, 0.25) is 0 Å². The van der Waals surface area contributed by atoms with Gasteiger partial charge in [0.25, 0.3) is 5.91 Å². The number of benzene rings is 1. The summed E-state index contributed by atoms with van der Waals surface area (Å²) < 4.78 is 10.1. The van der Waals surface area contributed by atoms with Gasteiger partial charge < -0.3 is 14.8 Å². The Kier molecular flexibility index (Phi) is 5.89. The summed E-state index contributed by atoms with van der Waals surface area (Å²) in [5.41, 5.74) is 0.648. The molecule has 0 aliphatic rings. The molecule has 23 heavy (non-hydrogen) atoms. The molecule has 6 nitrogen and oxygen atoms in total. The minimum Gasteiger partial charge on any atom is -0.465 e. The summed E-state index contributed by atoms with van der Waals surface area (Å²) in [6.45, 7) is -0.462. The second-order valence-electron chi connectivity index (χ2n) is 4.26. The summed E-state index contributed by atoms with van der Waals surface area (Å²) in [5.74, 6) is -1.71. The minimum atomic E-state index is -0.619. The number of ether oxygens (including phenoxy) is 2. The summed E-state index contributed by atoms with van der Waals surface area (Å²) in [5, 5.41) is 4.16. The lowest BCUT2D eigenvalue weighted by Crippen LogP contribution is -2.21. The molecule has 1 amide bonds. The fourth-order valence-corrected chi connectivity index (χ4v) is 2.89. The molecule has 2 aromatic rings. The molecule has 1 N–H and O–H groups in total. The van der Waals surface area contributed by atoms with Crippen molar-refractivity contribution in [3.63, 3.8) is 0 Å². The van der Waals surface area contributed by atoms with Crippen LogP contribution in [-0.4, -0.2) is 31.6 Å². The third-order valence-corrected chi connectivity index (χ3v) is 4.32. The highest BCUT2D eigenvalue weighted by atomic mass is 79.9. The highest BCUT2D eigenvalue weighted by molar-refractivity contribution is 9.10. The zero-order valence-corrected chi connectivity index (χ0v) is 14.4. The summed E-state index contributed by atoms with van der Waals surface area (Å²) >= 11 is 4.38. The number of anilines is 1. The van der Waals surface area contributed by atoms with Crippen molar-refractivity contribution in [2.24, 2.45) is 0 Å². The zero-order chi connectivity index (χ0) is 16.8. The molecule has 1 heterocycles. The topological polar surface area (TPSA) is 81.7 Å². The molecule has 0 radical (unpaired) electrons. The molecule has 2 rings (SSSR count). The molecule has 0 saturated heterocycles. The first kappa shape index (κ1) is 17.2. The Hall–Kier alpha value is -2.19. The smallest absolute Gasteiger partial charge is 0.350 e. The van der Waals surface area contributed by atoms with Gasteiger partial charge in [-0.3, -0.25) is 4.79 Å². The van der Waals surface area contributed by atoms with Crippen molar-refractivity contribution >= 4 is 50.8 Å². The molecule has 1 aromatic carbocycles. The van der Waals surface area contributed by atoms with Crippen LogP contribution in [0.15, 0.2) is 40.2 Å². The average molecular weight is 398 g/mol. The Morgan fingerprint density at radius 1 is 1.17 bits per heavy atom. The van der Waals surface area contributed by atoms with Crippen LogP contribution in [0.3, 0.4) is 0 Å². The third kappa shape index (κ3) is 4.40.